The van der Waals surface area contributed by atoms with Crippen LogP contribution in [0, 0.1) is 5.92 Å². The fraction of sp³-hybridized carbons (Fsp3) is 0.304. The van der Waals surface area contributed by atoms with Crippen molar-refractivity contribution in [1.29, 1.82) is 0 Å². The SMILES string of the molecule is CN(CC1CCN(c2ccccc2)C1)C(=O)Cn1ccc(=O)c2ccccc21. The summed E-state index contributed by atoms with van der Waals surface area (Å²) in [6.07, 6.45) is 2.80. The number of hydrogen-bond donors (Lipinski definition) is 0. The topological polar surface area (TPSA) is 45.5 Å². The van der Waals surface area contributed by atoms with Crippen LogP contribution in [0.15, 0.2) is 71.7 Å². The molecular weight excluding hydrogens is 350 g/mol. The van der Waals surface area contributed by atoms with E-state index in [0.717, 1.165) is 31.6 Å². The Morgan fingerprint density at radius 3 is 2.64 bits per heavy atom. The van der Waals surface area contributed by atoms with Gasteiger partial charge in [-0.05, 0) is 36.6 Å². The van der Waals surface area contributed by atoms with E-state index in [-0.39, 0.29) is 17.9 Å². The number of nitrogens with zero attached hydrogens (tertiary/aromatic N) is 3. The Hall–Kier alpha value is -3.08. The fourth-order valence-electron chi connectivity index (χ4n) is 4.01. The lowest BCUT2D eigenvalue weighted by atomic mass is 10.1. The summed E-state index contributed by atoms with van der Waals surface area (Å²) >= 11 is 0. The number of rotatable bonds is 5. The highest BCUT2D eigenvalue weighted by molar-refractivity contribution is 5.82. The van der Waals surface area contributed by atoms with E-state index in [1.54, 1.807) is 12.3 Å². The summed E-state index contributed by atoms with van der Waals surface area (Å²) < 4.78 is 1.86. The monoisotopic (exact) mass is 375 g/mol. The number of carbonyl (C=O) groups excluding carboxylic acids is 1. The van der Waals surface area contributed by atoms with Gasteiger partial charge in [-0.25, -0.2) is 0 Å². The quantitative estimate of drug-likeness (QED) is 0.689. The van der Waals surface area contributed by atoms with Gasteiger partial charge in [0, 0.05) is 50.0 Å². The van der Waals surface area contributed by atoms with Crippen molar-refractivity contribution in [3.63, 3.8) is 0 Å². The Bertz CT molecular complexity index is 1030. The number of fused-ring (bicyclic) bond motifs is 1. The van der Waals surface area contributed by atoms with Gasteiger partial charge in [0.1, 0.15) is 6.54 Å². The van der Waals surface area contributed by atoms with Gasteiger partial charge in [0.15, 0.2) is 5.43 Å². The third kappa shape index (κ3) is 3.79. The smallest absolute Gasteiger partial charge is 0.242 e. The lowest BCUT2D eigenvalue weighted by Crippen LogP contribution is -2.35. The van der Waals surface area contributed by atoms with Crippen molar-refractivity contribution in [3.8, 4) is 0 Å². The van der Waals surface area contributed by atoms with Gasteiger partial charge in [-0.15, -0.1) is 0 Å². The zero-order valence-electron chi connectivity index (χ0n) is 16.1. The van der Waals surface area contributed by atoms with Gasteiger partial charge in [0.2, 0.25) is 5.91 Å². The van der Waals surface area contributed by atoms with E-state index in [1.807, 2.05) is 40.8 Å². The van der Waals surface area contributed by atoms with Gasteiger partial charge in [0.05, 0.1) is 5.52 Å². The van der Waals surface area contributed by atoms with Crippen LogP contribution in [-0.2, 0) is 11.3 Å². The summed E-state index contributed by atoms with van der Waals surface area (Å²) in [6.45, 7) is 3.00. The molecule has 1 saturated heterocycles. The molecular formula is C23H25N3O2. The minimum absolute atomic E-state index is 0.0142. The first-order valence-corrected chi connectivity index (χ1v) is 9.74. The van der Waals surface area contributed by atoms with E-state index in [0.29, 0.717) is 11.3 Å². The molecule has 2 heterocycles. The number of likely N-dealkylation sites (N-methyl/N-ethyl adjacent to an activating group) is 1. The zero-order valence-corrected chi connectivity index (χ0v) is 16.1. The largest absolute Gasteiger partial charge is 0.371 e. The Morgan fingerprint density at radius 2 is 1.82 bits per heavy atom. The maximum absolute atomic E-state index is 12.8. The van der Waals surface area contributed by atoms with E-state index in [2.05, 4.69) is 29.2 Å². The van der Waals surface area contributed by atoms with Crippen molar-refractivity contribution >= 4 is 22.5 Å². The molecule has 28 heavy (non-hydrogen) atoms. The summed E-state index contributed by atoms with van der Waals surface area (Å²) in [4.78, 5) is 29.0. The number of amides is 1. The highest BCUT2D eigenvalue weighted by atomic mass is 16.2. The van der Waals surface area contributed by atoms with E-state index in [9.17, 15) is 9.59 Å². The molecule has 1 atom stereocenters. The summed E-state index contributed by atoms with van der Waals surface area (Å²) in [5, 5.41) is 0.648. The van der Waals surface area contributed by atoms with Gasteiger partial charge in [-0.2, -0.15) is 0 Å². The number of anilines is 1. The number of pyridine rings is 1. The van der Waals surface area contributed by atoms with Crippen molar-refractivity contribution in [3.05, 3.63) is 77.1 Å². The lowest BCUT2D eigenvalue weighted by Gasteiger charge is -2.23. The molecule has 0 saturated carbocycles. The molecule has 1 aliphatic rings. The molecule has 1 fully saturated rings. The third-order valence-corrected chi connectivity index (χ3v) is 5.56. The van der Waals surface area contributed by atoms with Crippen LogP contribution < -0.4 is 10.3 Å². The van der Waals surface area contributed by atoms with Crippen LogP contribution in [0.4, 0.5) is 5.69 Å². The van der Waals surface area contributed by atoms with Gasteiger partial charge in [-0.1, -0.05) is 30.3 Å². The van der Waals surface area contributed by atoms with Crippen LogP contribution >= 0.6 is 0 Å². The molecule has 1 unspecified atom stereocenters. The van der Waals surface area contributed by atoms with Gasteiger partial charge in [0.25, 0.3) is 0 Å². The third-order valence-electron chi connectivity index (χ3n) is 5.56. The standard InChI is InChI=1S/C23H25N3O2/c1-24(15-18-11-13-25(16-18)19-7-3-2-4-8-19)23(28)17-26-14-12-22(27)20-9-5-6-10-21(20)26/h2-10,12,14,18H,11,13,15-17H2,1H3. The first-order valence-electron chi connectivity index (χ1n) is 9.74. The van der Waals surface area contributed by atoms with Gasteiger partial charge in [-0.3, -0.25) is 9.59 Å². The minimum Gasteiger partial charge on any atom is -0.371 e. The van der Waals surface area contributed by atoms with E-state index in [1.165, 1.54) is 11.8 Å². The Balaban J connectivity index is 1.40. The molecule has 3 aromatic rings. The molecule has 1 aliphatic heterocycles. The van der Waals surface area contributed by atoms with E-state index >= 15 is 0 Å². The molecule has 0 N–H and O–H groups in total. The van der Waals surface area contributed by atoms with Crippen LogP contribution in [0.2, 0.25) is 0 Å². The summed E-state index contributed by atoms with van der Waals surface area (Å²) in [6, 6.07) is 19.4. The molecule has 4 rings (SSSR count). The molecule has 5 nitrogen and oxygen atoms in total. The van der Waals surface area contributed by atoms with Crippen molar-refractivity contribution in [2.24, 2.45) is 5.92 Å². The molecule has 5 heteroatoms. The predicted octanol–water partition coefficient (Wildman–Crippen LogP) is 2.99. The molecule has 0 spiro atoms. The number of benzene rings is 2. The van der Waals surface area contributed by atoms with Crippen LogP contribution in [0.5, 0.6) is 0 Å². The van der Waals surface area contributed by atoms with Crippen molar-refractivity contribution in [1.82, 2.24) is 9.47 Å². The summed E-state index contributed by atoms with van der Waals surface area (Å²) in [5.41, 5.74) is 2.03. The maximum atomic E-state index is 12.8. The molecule has 2 aromatic carbocycles. The fourth-order valence-corrected chi connectivity index (χ4v) is 4.01. The lowest BCUT2D eigenvalue weighted by molar-refractivity contribution is -0.130. The Morgan fingerprint density at radius 1 is 1.07 bits per heavy atom. The number of carbonyl (C=O) groups is 1. The molecule has 0 aliphatic carbocycles. The average molecular weight is 375 g/mol. The Kier molecular flexibility index (Phi) is 5.15. The highest BCUT2D eigenvalue weighted by Gasteiger charge is 2.25. The normalized spacial score (nSPS) is 16.5. The first-order chi connectivity index (χ1) is 13.6. The predicted molar refractivity (Wildman–Crippen MR) is 113 cm³/mol. The second kappa shape index (κ2) is 7.89. The maximum Gasteiger partial charge on any atom is 0.242 e. The van der Waals surface area contributed by atoms with E-state index in [4.69, 9.17) is 0 Å². The number of hydrogen-bond acceptors (Lipinski definition) is 3. The zero-order chi connectivity index (χ0) is 19.5. The second-order valence-electron chi connectivity index (χ2n) is 7.54. The molecule has 1 amide bonds. The minimum atomic E-state index is -0.0142. The van der Waals surface area contributed by atoms with Crippen molar-refractivity contribution < 1.29 is 4.79 Å². The molecule has 144 valence electrons. The summed E-state index contributed by atoms with van der Waals surface area (Å²) in [5.74, 6) is 0.534. The Labute approximate surface area is 164 Å². The number of para-hydroxylation sites is 2. The highest BCUT2D eigenvalue weighted by Crippen LogP contribution is 2.24. The van der Waals surface area contributed by atoms with Crippen LogP contribution in [-0.4, -0.2) is 42.1 Å². The van der Waals surface area contributed by atoms with E-state index < -0.39 is 0 Å². The van der Waals surface area contributed by atoms with Crippen molar-refractivity contribution in [2.45, 2.75) is 13.0 Å². The van der Waals surface area contributed by atoms with Gasteiger partial charge < -0.3 is 14.4 Å². The van der Waals surface area contributed by atoms with Crippen molar-refractivity contribution in [2.75, 3.05) is 31.6 Å². The van der Waals surface area contributed by atoms with Crippen LogP contribution in [0.3, 0.4) is 0 Å². The first kappa shape index (κ1) is 18.3. The average Bonchev–Trinajstić information content (AvgIpc) is 3.19. The second-order valence-corrected chi connectivity index (χ2v) is 7.54. The molecule has 0 radical (unpaired) electrons. The molecule has 0 bridgehead atoms. The summed E-state index contributed by atoms with van der Waals surface area (Å²) in [7, 11) is 1.87. The van der Waals surface area contributed by atoms with Gasteiger partial charge >= 0.3 is 0 Å². The molecule has 1 aromatic heterocycles. The number of aromatic nitrogens is 1. The van der Waals surface area contributed by atoms with Crippen LogP contribution in [0.25, 0.3) is 10.9 Å². The van der Waals surface area contributed by atoms with Crippen LogP contribution in [0.1, 0.15) is 6.42 Å².